The molecule has 2 N–H and O–H groups in total. The summed E-state index contributed by atoms with van der Waals surface area (Å²) in [6.45, 7) is 3.65. The van der Waals surface area contributed by atoms with Crippen LogP contribution in [0.4, 0.5) is 5.69 Å². The summed E-state index contributed by atoms with van der Waals surface area (Å²) < 4.78 is 1.75. The van der Waals surface area contributed by atoms with Crippen LogP contribution in [-0.2, 0) is 0 Å². The minimum atomic E-state index is -0.163. The van der Waals surface area contributed by atoms with Crippen LogP contribution in [-0.4, -0.2) is 11.0 Å². The molecular formula is C15H13BrINO2. The van der Waals surface area contributed by atoms with Gasteiger partial charge in [-0.25, -0.2) is 0 Å². The van der Waals surface area contributed by atoms with Crippen LogP contribution in [0.2, 0.25) is 0 Å². The molecule has 0 aliphatic rings. The van der Waals surface area contributed by atoms with E-state index in [-0.39, 0.29) is 11.7 Å². The second kappa shape index (κ2) is 6.13. The maximum Gasteiger partial charge on any atom is 0.256 e. The largest absolute Gasteiger partial charge is 0.508 e. The van der Waals surface area contributed by atoms with E-state index >= 15 is 0 Å². The van der Waals surface area contributed by atoms with Gasteiger partial charge in [0.2, 0.25) is 0 Å². The van der Waals surface area contributed by atoms with Crippen LogP contribution >= 0.6 is 38.5 Å². The fraction of sp³-hybridized carbons (Fsp3) is 0.133. The van der Waals surface area contributed by atoms with Crippen LogP contribution in [0.15, 0.2) is 34.8 Å². The van der Waals surface area contributed by atoms with E-state index in [0.29, 0.717) is 11.3 Å². The van der Waals surface area contributed by atoms with Crippen molar-refractivity contribution in [1.82, 2.24) is 0 Å². The molecule has 0 saturated carbocycles. The summed E-state index contributed by atoms with van der Waals surface area (Å²) in [6, 6.07) is 8.99. The highest BCUT2D eigenvalue weighted by atomic mass is 127. The third kappa shape index (κ3) is 3.32. The van der Waals surface area contributed by atoms with Crippen molar-refractivity contribution in [2.75, 3.05) is 5.32 Å². The standard InChI is InChI=1S/C15H13BrINO2/c1-8-6-14(19)9(2)5-13(8)18-15(20)11-7-10(16)3-4-12(11)17/h3-7,19H,1-2H3,(H,18,20). The van der Waals surface area contributed by atoms with Crippen LogP contribution < -0.4 is 5.32 Å². The highest BCUT2D eigenvalue weighted by Gasteiger charge is 2.13. The molecule has 0 atom stereocenters. The average Bonchev–Trinajstić information content (AvgIpc) is 2.38. The summed E-state index contributed by atoms with van der Waals surface area (Å²) in [4.78, 5) is 12.3. The molecule has 0 saturated heterocycles. The normalized spacial score (nSPS) is 10.4. The summed E-state index contributed by atoms with van der Waals surface area (Å²) in [5.74, 6) is 0.0708. The number of carbonyl (C=O) groups excluding carboxylic acids is 1. The van der Waals surface area contributed by atoms with Crippen LogP contribution in [0.25, 0.3) is 0 Å². The number of phenols is 1. The minimum Gasteiger partial charge on any atom is -0.508 e. The summed E-state index contributed by atoms with van der Waals surface area (Å²) in [7, 11) is 0. The number of phenolic OH excluding ortho intramolecular Hbond substituents is 1. The lowest BCUT2D eigenvalue weighted by atomic mass is 10.1. The topological polar surface area (TPSA) is 49.3 Å². The molecular weight excluding hydrogens is 433 g/mol. The van der Waals surface area contributed by atoms with Gasteiger partial charge in [0, 0.05) is 13.7 Å². The molecule has 3 nitrogen and oxygen atoms in total. The van der Waals surface area contributed by atoms with Gasteiger partial charge in [-0.2, -0.15) is 0 Å². The quantitative estimate of drug-likeness (QED) is 0.523. The maximum absolute atomic E-state index is 12.3. The number of aromatic hydroxyl groups is 1. The number of halogens is 2. The van der Waals surface area contributed by atoms with E-state index in [1.807, 2.05) is 19.1 Å². The third-order valence-corrected chi connectivity index (χ3v) is 4.40. The van der Waals surface area contributed by atoms with Gasteiger partial charge < -0.3 is 10.4 Å². The van der Waals surface area contributed by atoms with Gasteiger partial charge in [-0.05, 0) is 77.9 Å². The fourth-order valence-electron chi connectivity index (χ4n) is 1.80. The van der Waals surface area contributed by atoms with Crippen LogP contribution in [0.3, 0.4) is 0 Å². The summed E-state index contributed by atoms with van der Waals surface area (Å²) in [6.07, 6.45) is 0. The van der Waals surface area contributed by atoms with Crippen LogP contribution in [0.1, 0.15) is 21.5 Å². The van der Waals surface area contributed by atoms with Gasteiger partial charge in [0.25, 0.3) is 5.91 Å². The van der Waals surface area contributed by atoms with Crippen molar-refractivity contribution in [1.29, 1.82) is 0 Å². The lowest BCUT2D eigenvalue weighted by molar-refractivity contribution is 0.102. The minimum absolute atomic E-state index is 0.163. The zero-order chi connectivity index (χ0) is 14.9. The van der Waals surface area contributed by atoms with Gasteiger partial charge in [0.1, 0.15) is 5.75 Å². The van der Waals surface area contributed by atoms with Crippen molar-refractivity contribution in [3.05, 3.63) is 55.1 Å². The highest BCUT2D eigenvalue weighted by molar-refractivity contribution is 14.1. The van der Waals surface area contributed by atoms with E-state index in [9.17, 15) is 9.90 Å². The van der Waals surface area contributed by atoms with Crippen molar-refractivity contribution in [2.24, 2.45) is 0 Å². The van der Waals surface area contributed by atoms with Gasteiger partial charge >= 0.3 is 0 Å². The number of hydrogen-bond acceptors (Lipinski definition) is 2. The first kappa shape index (κ1) is 15.3. The van der Waals surface area contributed by atoms with E-state index in [0.717, 1.165) is 19.2 Å². The smallest absolute Gasteiger partial charge is 0.256 e. The molecule has 104 valence electrons. The Morgan fingerprint density at radius 3 is 2.60 bits per heavy atom. The number of carbonyl (C=O) groups is 1. The Labute approximate surface area is 139 Å². The molecule has 2 aromatic carbocycles. The Kier molecular flexibility index (Phi) is 4.70. The lowest BCUT2D eigenvalue weighted by Gasteiger charge is -2.11. The second-order valence-electron chi connectivity index (χ2n) is 4.53. The van der Waals surface area contributed by atoms with Crippen LogP contribution in [0, 0.1) is 17.4 Å². The Morgan fingerprint density at radius 1 is 1.20 bits per heavy atom. The maximum atomic E-state index is 12.3. The predicted molar refractivity (Wildman–Crippen MR) is 92.4 cm³/mol. The summed E-state index contributed by atoms with van der Waals surface area (Å²) >= 11 is 5.50. The molecule has 0 heterocycles. The van der Waals surface area contributed by atoms with Crippen molar-refractivity contribution >= 4 is 50.1 Å². The lowest BCUT2D eigenvalue weighted by Crippen LogP contribution is -2.14. The van der Waals surface area contributed by atoms with Gasteiger partial charge in [-0.1, -0.05) is 15.9 Å². The van der Waals surface area contributed by atoms with Gasteiger partial charge in [0.05, 0.1) is 5.56 Å². The number of amides is 1. The molecule has 0 radical (unpaired) electrons. The van der Waals surface area contributed by atoms with Gasteiger partial charge in [-0.15, -0.1) is 0 Å². The molecule has 0 unspecified atom stereocenters. The molecule has 0 spiro atoms. The number of nitrogens with one attached hydrogen (secondary N) is 1. The third-order valence-electron chi connectivity index (χ3n) is 2.96. The SMILES string of the molecule is Cc1cc(NC(=O)c2cc(Br)ccc2I)c(C)cc1O. The molecule has 20 heavy (non-hydrogen) atoms. The van der Waals surface area contributed by atoms with Crippen molar-refractivity contribution in [3.8, 4) is 5.75 Å². The highest BCUT2D eigenvalue weighted by Crippen LogP contribution is 2.26. The number of hydrogen-bond donors (Lipinski definition) is 2. The molecule has 5 heteroatoms. The number of rotatable bonds is 2. The molecule has 0 aliphatic heterocycles. The summed E-state index contributed by atoms with van der Waals surface area (Å²) in [5, 5.41) is 12.5. The molecule has 0 aromatic heterocycles. The number of anilines is 1. The average molecular weight is 446 g/mol. The Hall–Kier alpha value is -1.08. The summed E-state index contributed by atoms with van der Waals surface area (Å²) in [5.41, 5.74) is 2.88. The van der Waals surface area contributed by atoms with Crippen molar-refractivity contribution < 1.29 is 9.90 Å². The molecule has 0 fully saturated rings. The van der Waals surface area contributed by atoms with Crippen molar-refractivity contribution in [3.63, 3.8) is 0 Å². The molecule has 2 rings (SSSR count). The number of aryl methyl sites for hydroxylation is 2. The predicted octanol–water partition coefficient (Wildman–Crippen LogP) is 4.63. The zero-order valence-electron chi connectivity index (χ0n) is 11.0. The zero-order valence-corrected chi connectivity index (χ0v) is 14.7. The van der Waals surface area contributed by atoms with Crippen LogP contribution in [0.5, 0.6) is 5.75 Å². The fourth-order valence-corrected chi connectivity index (χ4v) is 2.74. The van der Waals surface area contributed by atoms with E-state index in [1.54, 1.807) is 25.1 Å². The van der Waals surface area contributed by atoms with Gasteiger partial charge in [0.15, 0.2) is 0 Å². The molecule has 0 bridgehead atoms. The first-order chi connectivity index (χ1) is 9.38. The van der Waals surface area contributed by atoms with E-state index < -0.39 is 0 Å². The van der Waals surface area contributed by atoms with Gasteiger partial charge in [-0.3, -0.25) is 4.79 Å². The van der Waals surface area contributed by atoms with Crippen molar-refractivity contribution in [2.45, 2.75) is 13.8 Å². The van der Waals surface area contributed by atoms with E-state index in [4.69, 9.17) is 0 Å². The Balaban J connectivity index is 2.32. The van der Waals surface area contributed by atoms with E-state index in [2.05, 4.69) is 43.8 Å². The monoisotopic (exact) mass is 445 g/mol. The molecule has 0 aliphatic carbocycles. The Morgan fingerprint density at radius 2 is 1.90 bits per heavy atom. The first-order valence-corrected chi connectivity index (χ1v) is 7.82. The Bertz CT molecular complexity index is 686. The molecule has 1 amide bonds. The second-order valence-corrected chi connectivity index (χ2v) is 6.61. The first-order valence-electron chi connectivity index (χ1n) is 5.95. The van der Waals surface area contributed by atoms with E-state index in [1.165, 1.54) is 0 Å². The molecule has 2 aromatic rings. The number of benzene rings is 2.